The number of aromatic nitrogens is 2. The fourth-order valence-corrected chi connectivity index (χ4v) is 3.49. The minimum atomic E-state index is -1.01. The van der Waals surface area contributed by atoms with E-state index in [1.807, 2.05) is 49.4 Å². The highest BCUT2D eigenvalue weighted by Gasteiger charge is 2.18. The second-order valence-electron chi connectivity index (χ2n) is 7.18. The van der Waals surface area contributed by atoms with Gasteiger partial charge in [0.25, 0.3) is 0 Å². The minimum Gasteiger partial charge on any atom is -0.479 e. The van der Waals surface area contributed by atoms with E-state index in [2.05, 4.69) is 9.55 Å². The Morgan fingerprint density at radius 1 is 1.13 bits per heavy atom. The summed E-state index contributed by atoms with van der Waals surface area (Å²) in [6.45, 7) is 4.02. The van der Waals surface area contributed by atoms with Crippen molar-refractivity contribution in [3.63, 3.8) is 0 Å². The summed E-state index contributed by atoms with van der Waals surface area (Å²) in [5.74, 6) is 0.920. The van der Waals surface area contributed by atoms with E-state index in [9.17, 15) is 4.79 Å². The number of hydrogen-bond donors (Lipinski definition) is 1. The van der Waals surface area contributed by atoms with Crippen molar-refractivity contribution in [2.45, 2.75) is 26.5 Å². The summed E-state index contributed by atoms with van der Waals surface area (Å²) in [4.78, 5) is 15.6. The molecule has 0 bridgehead atoms. The molecule has 0 aliphatic rings. The van der Waals surface area contributed by atoms with Gasteiger partial charge in [0.05, 0.1) is 11.1 Å². The van der Waals surface area contributed by atoms with Crippen LogP contribution < -0.4 is 9.47 Å². The van der Waals surface area contributed by atoms with Crippen LogP contribution in [0.2, 0.25) is 5.02 Å². The Balaban J connectivity index is 1.68. The molecule has 158 valence electrons. The fraction of sp³-hybridized carbons (Fsp3) is 0.167. The van der Waals surface area contributed by atoms with E-state index in [0.29, 0.717) is 23.1 Å². The third-order valence-electron chi connectivity index (χ3n) is 4.95. The number of rotatable bonds is 7. The number of carboxylic acids is 1. The molecule has 2 aromatic carbocycles. The number of fused-ring (bicyclic) bond motifs is 1. The van der Waals surface area contributed by atoms with Gasteiger partial charge in [-0.25, -0.2) is 9.78 Å². The number of hydrogen-bond acceptors (Lipinski definition) is 4. The average molecular weight is 437 g/mol. The molecule has 1 N–H and O–H groups in total. The van der Waals surface area contributed by atoms with Crippen LogP contribution >= 0.6 is 11.6 Å². The van der Waals surface area contributed by atoms with Gasteiger partial charge < -0.3 is 19.1 Å². The van der Waals surface area contributed by atoms with Crippen LogP contribution in [0.25, 0.3) is 11.0 Å². The van der Waals surface area contributed by atoms with Gasteiger partial charge >= 0.3 is 5.97 Å². The molecule has 2 aromatic heterocycles. The number of carbonyl (C=O) groups is 1. The van der Waals surface area contributed by atoms with Crippen LogP contribution in [-0.2, 0) is 11.3 Å². The molecular weight excluding hydrogens is 416 g/mol. The summed E-state index contributed by atoms with van der Waals surface area (Å²) in [6.07, 6.45) is 0.823. The van der Waals surface area contributed by atoms with Crippen LogP contribution in [0.15, 0.2) is 66.9 Å². The molecule has 1 atom stereocenters. The Hall–Kier alpha value is -3.51. The maximum Gasteiger partial charge on any atom is 0.344 e. The summed E-state index contributed by atoms with van der Waals surface area (Å²) < 4.78 is 13.8. The lowest BCUT2D eigenvalue weighted by Crippen LogP contribution is -2.22. The molecule has 0 unspecified atom stereocenters. The lowest BCUT2D eigenvalue weighted by atomic mass is 10.2. The average Bonchev–Trinajstić information content (AvgIpc) is 3.01. The van der Waals surface area contributed by atoms with Crippen molar-refractivity contribution in [1.82, 2.24) is 9.55 Å². The summed E-state index contributed by atoms with van der Waals surface area (Å²) >= 11 is 5.98. The molecule has 0 aliphatic carbocycles. The first-order valence-electron chi connectivity index (χ1n) is 9.78. The highest BCUT2D eigenvalue weighted by atomic mass is 35.5. The van der Waals surface area contributed by atoms with Gasteiger partial charge in [0.15, 0.2) is 11.9 Å². The molecule has 0 fully saturated rings. The molecule has 0 radical (unpaired) electrons. The van der Waals surface area contributed by atoms with Crippen LogP contribution in [0.5, 0.6) is 17.2 Å². The minimum absolute atomic E-state index is 0.507. The quantitative estimate of drug-likeness (QED) is 0.402. The first kappa shape index (κ1) is 20.8. The topological polar surface area (TPSA) is 73.6 Å². The third kappa shape index (κ3) is 4.49. The molecule has 4 rings (SSSR count). The van der Waals surface area contributed by atoms with Gasteiger partial charge in [-0.3, -0.25) is 0 Å². The number of pyridine rings is 1. The number of benzene rings is 2. The predicted octanol–water partition coefficient (Wildman–Crippen LogP) is 5.69. The molecule has 2 heterocycles. The zero-order valence-corrected chi connectivity index (χ0v) is 17.8. The zero-order valence-electron chi connectivity index (χ0n) is 17.1. The molecule has 0 saturated heterocycles. The van der Waals surface area contributed by atoms with Gasteiger partial charge in [-0.15, -0.1) is 0 Å². The maximum atomic E-state index is 11.1. The highest BCUT2D eigenvalue weighted by molar-refractivity contribution is 6.30. The van der Waals surface area contributed by atoms with E-state index in [1.165, 1.54) is 6.92 Å². The Kier molecular flexibility index (Phi) is 5.82. The first-order chi connectivity index (χ1) is 14.9. The normalized spacial score (nSPS) is 12.0. The Labute approximate surface area is 184 Å². The highest BCUT2D eigenvalue weighted by Crippen LogP contribution is 2.36. The third-order valence-corrected chi connectivity index (χ3v) is 5.21. The molecule has 0 spiro atoms. The van der Waals surface area contributed by atoms with Crippen LogP contribution in [0.3, 0.4) is 0 Å². The number of aliphatic carboxylic acids is 1. The standard InChI is InChI=1S/C24H21ClN2O4/c1-15-22(31-19-10-8-18(25)9-11-19)21-7-4-12-26-23(21)27(15)14-17-5-3-6-20(13-17)30-16(2)24(28)29/h3-13,16H,14H2,1-2H3,(H,28,29)/t16-/m1/s1. The maximum absolute atomic E-state index is 11.1. The molecule has 7 heteroatoms. The van der Waals surface area contributed by atoms with E-state index in [-0.39, 0.29) is 0 Å². The summed E-state index contributed by atoms with van der Waals surface area (Å²) in [5.41, 5.74) is 2.68. The van der Waals surface area contributed by atoms with Gasteiger partial charge in [-0.05, 0) is 67.9 Å². The summed E-state index contributed by atoms with van der Waals surface area (Å²) in [5, 5.41) is 10.6. The van der Waals surface area contributed by atoms with E-state index in [4.69, 9.17) is 26.2 Å². The first-order valence-corrected chi connectivity index (χ1v) is 10.2. The van der Waals surface area contributed by atoms with Crippen molar-refractivity contribution < 1.29 is 19.4 Å². The molecule has 31 heavy (non-hydrogen) atoms. The van der Waals surface area contributed by atoms with Crippen molar-refractivity contribution in [1.29, 1.82) is 0 Å². The SMILES string of the molecule is Cc1c(Oc2ccc(Cl)cc2)c2cccnc2n1Cc1cccc(O[C@H](C)C(=O)O)c1. The second kappa shape index (κ2) is 8.70. The molecule has 0 saturated carbocycles. The van der Waals surface area contributed by atoms with Gasteiger partial charge in [0.2, 0.25) is 0 Å². The van der Waals surface area contributed by atoms with Crippen LogP contribution in [0, 0.1) is 6.92 Å². The number of ether oxygens (including phenoxy) is 2. The summed E-state index contributed by atoms with van der Waals surface area (Å²) in [7, 11) is 0. The molecule has 0 amide bonds. The predicted molar refractivity (Wildman–Crippen MR) is 119 cm³/mol. The van der Waals surface area contributed by atoms with E-state index in [1.54, 1.807) is 24.4 Å². The van der Waals surface area contributed by atoms with Gasteiger partial charge in [0, 0.05) is 17.8 Å². The fourth-order valence-electron chi connectivity index (χ4n) is 3.36. The van der Waals surface area contributed by atoms with Crippen molar-refractivity contribution in [2.75, 3.05) is 0 Å². The Morgan fingerprint density at radius 3 is 2.65 bits per heavy atom. The van der Waals surface area contributed by atoms with Crippen LogP contribution in [0.4, 0.5) is 0 Å². The van der Waals surface area contributed by atoms with Crippen molar-refractivity contribution in [3.8, 4) is 17.2 Å². The van der Waals surface area contributed by atoms with Crippen LogP contribution in [0.1, 0.15) is 18.2 Å². The lowest BCUT2D eigenvalue weighted by Gasteiger charge is -2.13. The zero-order chi connectivity index (χ0) is 22.0. The lowest BCUT2D eigenvalue weighted by molar-refractivity contribution is -0.144. The monoisotopic (exact) mass is 436 g/mol. The van der Waals surface area contributed by atoms with Gasteiger partial charge in [0.1, 0.15) is 17.1 Å². The van der Waals surface area contributed by atoms with Crippen molar-refractivity contribution in [2.24, 2.45) is 0 Å². The molecule has 0 aliphatic heterocycles. The Bertz CT molecular complexity index is 1230. The second-order valence-corrected chi connectivity index (χ2v) is 7.61. The van der Waals surface area contributed by atoms with Gasteiger partial charge in [-0.2, -0.15) is 0 Å². The van der Waals surface area contributed by atoms with Crippen molar-refractivity contribution in [3.05, 3.63) is 83.1 Å². The van der Waals surface area contributed by atoms with Crippen LogP contribution in [-0.4, -0.2) is 26.7 Å². The van der Waals surface area contributed by atoms with Gasteiger partial charge in [-0.1, -0.05) is 23.7 Å². The Morgan fingerprint density at radius 2 is 1.90 bits per heavy atom. The molecule has 6 nitrogen and oxygen atoms in total. The van der Waals surface area contributed by atoms with Crippen molar-refractivity contribution >= 4 is 28.6 Å². The van der Waals surface area contributed by atoms with E-state index in [0.717, 1.165) is 28.0 Å². The smallest absolute Gasteiger partial charge is 0.344 e. The van der Waals surface area contributed by atoms with E-state index < -0.39 is 12.1 Å². The largest absolute Gasteiger partial charge is 0.479 e. The number of nitrogens with zero attached hydrogens (tertiary/aromatic N) is 2. The molecular formula is C24H21ClN2O4. The summed E-state index contributed by atoms with van der Waals surface area (Å²) in [6, 6.07) is 18.5. The van der Waals surface area contributed by atoms with E-state index >= 15 is 0 Å². The number of carboxylic acid groups (broad SMARTS) is 1. The molecule has 4 aromatic rings. The number of halogens is 1.